The predicted octanol–water partition coefficient (Wildman–Crippen LogP) is 0.659. The Labute approximate surface area is 118 Å². The van der Waals surface area contributed by atoms with Gasteiger partial charge in [0, 0.05) is 11.3 Å². The van der Waals surface area contributed by atoms with Crippen LogP contribution in [0.4, 0.5) is 5.69 Å². The molecule has 0 spiro atoms. The summed E-state index contributed by atoms with van der Waals surface area (Å²) in [7, 11) is 0. The lowest BCUT2D eigenvalue weighted by Gasteiger charge is -2.22. The number of benzene rings is 1. The molecule has 0 bridgehead atoms. The standard InChI is InChI=1S/C15H18N2O3/c1-11-9-13(5-4-12(11)3-2-6-16)17-15(18)14-10-19-7-8-20-14/h4-5,9,14H,6-8,10,16H2,1H3,(H,17,18). The van der Waals surface area contributed by atoms with Crippen LogP contribution < -0.4 is 11.1 Å². The Morgan fingerprint density at radius 3 is 3.00 bits per heavy atom. The molecule has 1 fully saturated rings. The van der Waals surface area contributed by atoms with Crippen LogP contribution in [0.5, 0.6) is 0 Å². The summed E-state index contributed by atoms with van der Waals surface area (Å²) in [6.45, 7) is 3.56. The Morgan fingerprint density at radius 1 is 1.50 bits per heavy atom. The third-order valence-electron chi connectivity index (χ3n) is 2.93. The fraction of sp³-hybridized carbons (Fsp3) is 0.400. The number of rotatable bonds is 2. The molecule has 1 unspecified atom stereocenters. The quantitative estimate of drug-likeness (QED) is 0.777. The molecule has 106 valence electrons. The SMILES string of the molecule is Cc1cc(NC(=O)C2COCCO2)ccc1C#CCN. The van der Waals surface area contributed by atoms with Crippen LogP contribution in [0.15, 0.2) is 18.2 Å². The van der Waals surface area contributed by atoms with Crippen molar-refractivity contribution < 1.29 is 14.3 Å². The molecule has 5 heteroatoms. The number of aryl methyl sites for hydroxylation is 1. The molecule has 2 rings (SSSR count). The molecule has 1 amide bonds. The van der Waals surface area contributed by atoms with E-state index in [0.29, 0.717) is 26.4 Å². The zero-order chi connectivity index (χ0) is 14.4. The van der Waals surface area contributed by atoms with Crippen molar-refractivity contribution in [3.8, 4) is 11.8 Å². The van der Waals surface area contributed by atoms with Crippen molar-refractivity contribution in [1.82, 2.24) is 0 Å². The first-order valence-corrected chi connectivity index (χ1v) is 6.50. The highest BCUT2D eigenvalue weighted by atomic mass is 16.6. The number of amides is 1. The Morgan fingerprint density at radius 2 is 2.35 bits per heavy atom. The van der Waals surface area contributed by atoms with Gasteiger partial charge >= 0.3 is 0 Å². The maximum Gasteiger partial charge on any atom is 0.255 e. The average molecular weight is 274 g/mol. The zero-order valence-corrected chi connectivity index (χ0v) is 11.4. The lowest BCUT2D eigenvalue weighted by atomic mass is 10.1. The summed E-state index contributed by atoms with van der Waals surface area (Å²) in [5, 5.41) is 2.82. The van der Waals surface area contributed by atoms with E-state index in [-0.39, 0.29) is 5.91 Å². The van der Waals surface area contributed by atoms with Crippen LogP contribution in [0.2, 0.25) is 0 Å². The first-order chi connectivity index (χ1) is 9.70. The van der Waals surface area contributed by atoms with Crippen molar-refractivity contribution in [2.75, 3.05) is 31.7 Å². The minimum Gasteiger partial charge on any atom is -0.376 e. The van der Waals surface area contributed by atoms with E-state index in [2.05, 4.69) is 17.2 Å². The summed E-state index contributed by atoms with van der Waals surface area (Å²) in [6.07, 6.45) is -0.541. The van der Waals surface area contributed by atoms with Crippen molar-refractivity contribution in [3.05, 3.63) is 29.3 Å². The maximum absolute atomic E-state index is 12.0. The van der Waals surface area contributed by atoms with E-state index in [4.69, 9.17) is 15.2 Å². The molecule has 20 heavy (non-hydrogen) atoms. The molecule has 5 nitrogen and oxygen atoms in total. The van der Waals surface area contributed by atoms with Crippen LogP contribution in [0.3, 0.4) is 0 Å². The smallest absolute Gasteiger partial charge is 0.255 e. The molecule has 0 saturated carbocycles. The van der Waals surface area contributed by atoms with Gasteiger partial charge in [0.05, 0.1) is 26.4 Å². The van der Waals surface area contributed by atoms with Gasteiger partial charge in [0.2, 0.25) is 0 Å². The second-order valence-corrected chi connectivity index (χ2v) is 4.46. The van der Waals surface area contributed by atoms with Crippen LogP contribution >= 0.6 is 0 Å². The molecular weight excluding hydrogens is 256 g/mol. The molecule has 0 aliphatic carbocycles. The second kappa shape index (κ2) is 7.06. The Bertz CT molecular complexity index is 540. The van der Waals surface area contributed by atoms with E-state index in [0.717, 1.165) is 16.8 Å². The molecule has 0 aromatic heterocycles. The summed E-state index contributed by atoms with van der Waals surface area (Å²) in [5.41, 5.74) is 7.97. The van der Waals surface area contributed by atoms with Gasteiger partial charge in [-0.1, -0.05) is 11.8 Å². The number of carbonyl (C=O) groups excluding carboxylic acids is 1. The minimum absolute atomic E-state index is 0.190. The van der Waals surface area contributed by atoms with Crippen LogP contribution in [0, 0.1) is 18.8 Å². The highest BCUT2D eigenvalue weighted by Crippen LogP contribution is 2.15. The van der Waals surface area contributed by atoms with E-state index in [1.165, 1.54) is 0 Å². The molecule has 1 atom stereocenters. The lowest BCUT2D eigenvalue weighted by Crippen LogP contribution is -2.39. The molecule has 1 aliphatic heterocycles. The van der Waals surface area contributed by atoms with Crippen molar-refractivity contribution >= 4 is 11.6 Å². The second-order valence-electron chi connectivity index (χ2n) is 4.46. The van der Waals surface area contributed by atoms with E-state index in [1.807, 2.05) is 25.1 Å². The third kappa shape index (κ3) is 3.81. The minimum atomic E-state index is -0.541. The van der Waals surface area contributed by atoms with Crippen LogP contribution in [0.1, 0.15) is 11.1 Å². The van der Waals surface area contributed by atoms with E-state index < -0.39 is 6.10 Å². The number of nitrogens with one attached hydrogen (secondary N) is 1. The topological polar surface area (TPSA) is 73.6 Å². The molecule has 0 radical (unpaired) electrons. The number of hydrogen-bond donors (Lipinski definition) is 2. The number of ether oxygens (including phenoxy) is 2. The molecule has 1 aromatic rings. The number of anilines is 1. The summed E-state index contributed by atoms with van der Waals surface area (Å²) in [6, 6.07) is 5.56. The maximum atomic E-state index is 12.0. The summed E-state index contributed by atoms with van der Waals surface area (Å²) in [4.78, 5) is 12.0. The van der Waals surface area contributed by atoms with E-state index in [1.54, 1.807) is 0 Å². The molecular formula is C15H18N2O3. The van der Waals surface area contributed by atoms with Crippen LogP contribution in [0.25, 0.3) is 0 Å². The van der Waals surface area contributed by atoms with Crippen LogP contribution in [-0.4, -0.2) is 38.4 Å². The first kappa shape index (κ1) is 14.5. The van der Waals surface area contributed by atoms with E-state index in [9.17, 15) is 4.79 Å². The number of nitrogens with two attached hydrogens (primary N) is 1. The average Bonchev–Trinajstić information content (AvgIpc) is 2.47. The Kier molecular flexibility index (Phi) is 5.13. The third-order valence-corrected chi connectivity index (χ3v) is 2.93. The van der Waals surface area contributed by atoms with Gasteiger partial charge in [-0.15, -0.1) is 0 Å². The van der Waals surface area contributed by atoms with Gasteiger partial charge in [-0.3, -0.25) is 4.79 Å². The first-order valence-electron chi connectivity index (χ1n) is 6.50. The van der Waals surface area contributed by atoms with Crippen molar-refractivity contribution in [1.29, 1.82) is 0 Å². The summed E-state index contributed by atoms with van der Waals surface area (Å²) in [5.74, 6) is 5.61. The highest BCUT2D eigenvalue weighted by Gasteiger charge is 2.22. The zero-order valence-electron chi connectivity index (χ0n) is 11.4. The summed E-state index contributed by atoms with van der Waals surface area (Å²) < 4.78 is 10.6. The predicted molar refractivity (Wildman–Crippen MR) is 76.3 cm³/mol. The Balaban J connectivity index is 2.02. The van der Waals surface area contributed by atoms with Crippen molar-refractivity contribution in [2.24, 2.45) is 5.73 Å². The fourth-order valence-electron chi connectivity index (χ4n) is 1.89. The van der Waals surface area contributed by atoms with Gasteiger partial charge in [0.25, 0.3) is 5.91 Å². The lowest BCUT2D eigenvalue weighted by molar-refractivity contribution is -0.142. The Hall–Kier alpha value is -1.87. The normalized spacial score (nSPS) is 18.0. The van der Waals surface area contributed by atoms with Gasteiger partial charge < -0.3 is 20.5 Å². The van der Waals surface area contributed by atoms with Gasteiger partial charge in [0.15, 0.2) is 6.10 Å². The molecule has 1 aliphatic rings. The highest BCUT2D eigenvalue weighted by molar-refractivity contribution is 5.94. The van der Waals surface area contributed by atoms with Crippen molar-refractivity contribution in [2.45, 2.75) is 13.0 Å². The number of carbonyl (C=O) groups is 1. The van der Waals surface area contributed by atoms with Gasteiger partial charge in [-0.05, 0) is 30.7 Å². The van der Waals surface area contributed by atoms with Crippen LogP contribution in [-0.2, 0) is 14.3 Å². The largest absolute Gasteiger partial charge is 0.376 e. The van der Waals surface area contributed by atoms with Crippen molar-refractivity contribution in [3.63, 3.8) is 0 Å². The molecule has 1 heterocycles. The summed E-state index contributed by atoms with van der Waals surface area (Å²) >= 11 is 0. The molecule has 1 saturated heterocycles. The van der Waals surface area contributed by atoms with Gasteiger partial charge in [-0.25, -0.2) is 0 Å². The van der Waals surface area contributed by atoms with E-state index >= 15 is 0 Å². The molecule has 3 N–H and O–H groups in total. The van der Waals surface area contributed by atoms with Gasteiger partial charge in [-0.2, -0.15) is 0 Å². The van der Waals surface area contributed by atoms with Gasteiger partial charge in [0.1, 0.15) is 0 Å². The fourth-order valence-corrected chi connectivity index (χ4v) is 1.89. The molecule has 1 aromatic carbocycles. The number of hydrogen-bond acceptors (Lipinski definition) is 4. The monoisotopic (exact) mass is 274 g/mol.